The highest BCUT2D eigenvalue weighted by Gasteiger charge is 2.27. The number of pyridine rings is 1. The van der Waals surface area contributed by atoms with Gasteiger partial charge >= 0.3 is 0 Å². The van der Waals surface area contributed by atoms with Crippen molar-refractivity contribution >= 4 is 33.2 Å². The number of hydrogen-bond acceptors (Lipinski definition) is 4. The van der Waals surface area contributed by atoms with Crippen molar-refractivity contribution < 1.29 is 12.8 Å². The molecular weight excluding hydrogens is 429 g/mol. The van der Waals surface area contributed by atoms with Crippen molar-refractivity contribution in [2.75, 3.05) is 26.2 Å². The van der Waals surface area contributed by atoms with Crippen LogP contribution in [0.15, 0.2) is 64.4 Å². The number of halogens is 2. The fourth-order valence-corrected chi connectivity index (χ4v) is 5.31. The summed E-state index contributed by atoms with van der Waals surface area (Å²) in [6, 6.07) is 12.4. The molecule has 0 atom stereocenters. The summed E-state index contributed by atoms with van der Waals surface area (Å²) in [7, 11) is -3.70. The standard InChI is InChI=1S/C21H22FN3O3S.ClH/c22-17-7-5-16(6-8-17)15-24-13-9-18-19(21(24)26)3-1-4-20(18)29(27,28)25-12-2-10-23-11-14-25;/h1,3-9,13,23H,2,10-12,14-15H2;1H. The number of benzene rings is 2. The lowest BCUT2D eigenvalue weighted by molar-refractivity contribution is 0.432. The van der Waals surface area contributed by atoms with Crippen LogP contribution in [0.25, 0.3) is 10.8 Å². The third kappa shape index (κ3) is 4.41. The van der Waals surface area contributed by atoms with Crippen molar-refractivity contribution in [3.63, 3.8) is 0 Å². The summed E-state index contributed by atoms with van der Waals surface area (Å²) in [4.78, 5) is 13.1. The molecular formula is C21H23ClFN3O3S. The van der Waals surface area contributed by atoms with E-state index in [1.807, 2.05) is 0 Å². The van der Waals surface area contributed by atoms with Gasteiger partial charge in [-0.05, 0) is 48.9 Å². The number of hydrogen-bond donors (Lipinski definition) is 1. The fourth-order valence-electron chi connectivity index (χ4n) is 3.63. The maximum Gasteiger partial charge on any atom is 0.258 e. The maximum atomic E-state index is 13.2. The summed E-state index contributed by atoms with van der Waals surface area (Å²) in [5.74, 6) is -0.335. The Labute approximate surface area is 180 Å². The molecule has 4 rings (SSSR count). The molecule has 1 saturated heterocycles. The highest BCUT2D eigenvalue weighted by Crippen LogP contribution is 2.24. The molecule has 3 aromatic rings. The maximum absolute atomic E-state index is 13.2. The van der Waals surface area contributed by atoms with Gasteiger partial charge in [-0.3, -0.25) is 4.79 Å². The van der Waals surface area contributed by atoms with Gasteiger partial charge in [0.15, 0.2) is 0 Å². The van der Waals surface area contributed by atoms with Gasteiger partial charge in [0.05, 0.1) is 11.4 Å². The van der Waals surface area contributed by atoms with Crippen LogP contribution in [0.4, 0.5) is 4.39 Å². The Morgan fingerprint density at radius 3 is 2.50 bits per heavy atom. The lowest BCUT2D eigenvalue weighted by Gasteiger charge is -2.20. The van der Waals surface area contributed by atoms with E-state index in [4.69, 9.17) is 0 Å². The first kappa shape index (κ1) is 22.4. The quantitative estimate of drug-likeness (QED) is 0.662. The number of nitrogens with zero attached hydrogens (tertiary/aromatic N) is 2. The van der Waals surface area contributed by atoms with Crippen LogP contribution >= 0.6 is 12.4 Å². The van der Waals surface area contributed by atoms with Crippen molar-refractivity contribution in [3.05, 3.63) is 76.5 Å². The molecule has 0 saturated carbocycles. The number of aromatic nitrogens is 1. The van der Waals surface area contributed by atoms with E-state index in [2.05, 4.69) is 5.32 Å². The zero-order chi connectivity index (χ0) is 20.4. The molecule has 1 N–H and O–H groups in total. The van der Waals surface area contributed by atoms with Crippen molar-refractivity contribution in [1.82, 2.24) is 14.2 Å². The second kappa shape index (κ2) is 9.26. The first-order chi connectivity index (χ1) is 14.0. The largest absolute Gasteiger partial charge is 0.315 e. The zero-order valence-electron chi connectivity index (χ0n) is 16.3. The summed E-state index contributed by atoms with van der Waals surface area (Å²) >= 11 is 0. The molecule has 1 aliphatic heterocycles. The molecule has 160 valence electrons. The van der Waals surface area contributed by atoms with Gasteiger partial charge in [0, 0.05) is 36.6 Å². The van der Waals surface area contributed by atoms with Gasteiger partial charge < -0.3 is 9.88 Å². The molecule has 0 aliphatic carbocycles. The Morgan fingerprint density at radius 2 is 1.73 bits per heavy atom. The Balaban J connectivity index is 0.00000256. The minimum Gasteiger partial charge on any atom is -0.315 e. The molecule has 0 amide bonds. The Morgan fingerprint density at radius 1 is 0.967 bits per heavy atom. The van der Waals surface area contributed by atoms with Crippen LogP contribution < -0.4 is 10.9 Å². The smallest absolute Gasteiger partial charge is 0.258 e. The zero-order valence-corrected chi connectivity index (χ0v) is 17.9. The van der Waals surface area contributed by atoms with Gasteiger partial charge in [0.25, 0.3) is 5.56 Å². The van der Waals surface area contributed by atoms with Crippen molar-refractivity contribution in [1.29, 1.82) is 0 Å². The van der Waals surface area contributed by atoms with Crippen LogP contribution in [-0.2, 0) is 16.6 Å². The summed E-state index contributed by atoms with van der Waals surface area (Å²) in [5, 5.41) is 3.97. The molecule has 1 aliphatic rings. The third-order valence-corrected chi connectivity index (χ3v) is 7.12. The molecule has 0 spiro atoms. The van der Waals surface area contributed by atoms with Crippen molar-refractivity contribution in [2.24, 2.45) is 0 Å². The number of fused-ring (bicyclic) bond motifs is 1. The van der Waals surface area contributed by atoms with Gasteiger partial charge in [-0.2, -0.15) is 4.31 Å². The molecule has 2 heterocycles. The van der Waals surface area contributed by atoms with Crippen LogP contribution in [0.1, 0.15) is 12.0 Å². The monoisotopic (exact) mass is 451 g/mol. The van der Waals surface area contributed by atoms with E-state index in [9.17, 15) is 17.6 Å². The van der Waals surface area contributed by atoms with Crippen LogP contribution in [0.3, 0.4) is 0 Å². The van der Waals surface area contributed by atoms with E-state index in [0.717, 1.165) is 18.5 Å². The van der Waals surface area contributed by atoms with Crippen LogP contribution in [0, 0.1) is 5.82 Å². The minimum atomic E-state index is -3.70. The van der Waals surface area contributed by atoms with Gasteiger partial charge in [0.2, 0.25) is 10.0 Å². The first-order valence-corrected chi connectivity index (χ1v) is 11.0. The predicted molar refractivity (Wildman–Crippen MR) is 117 cm³/mol. The van der Waals surface area contributed by atoms with Crippen molar-refractivity contribution in [2.45, 2.75) is 17.9 Å². The van der Waals surface area contributed by atoms with Gasteiger partial charge in [-0.25, -0.2) is 12.8 Å². The second-order valence-electron chi connectivity index (χ2n) is 7.10. The number of nitrogens with one attached hydrogen (secondary N) is 1. The highest BCUT2D eigenvalue weighted by molar-refractivity contribution is 7.89. The second-order valence-corrected chi connectivity index (χ2v) is 9.01. The molecule has 6 nitrogen and oxygen atoms in total. The third-order valence-electron chi connectivity index (χ3n) is 5.16. The minimum absolute atomic E-state index is 0. The summed E-state index contributed by atoms with van der Waals surface area (Å²) in [5.41, 5.74) is 0.509. The van der Waals surface area contributed by atoms with Gasteiger partial charge in [0.1, 0.15) is 5.82 Å². The molecule has 0 bridgehead atoms. The lowest BCUT2D eigenvalue weighted by Crippen LogP contribution is -2.34. The molecule has 0 radical (unpaired) electrons. The Bertz CT molecular complexity index is 1190. The predicted octanol–water partition coefficient (Wildman–Crippen LogP) is 2.59. The first-order valence-electron chi connectivity index (χ1n) is 9.54. The highest BCUT2D eigenvalue weighted by atomic mass is 35.5. The van der Waals surface area contributed by atoms with Crippen LogP contribution in [0.5, 0.6) is 0 Å². The average molecular weight is 452 g/mol. The lowest BCUT2D eigenvalue weighted by atomic mass is 10.1. The normalized spacial score (nSPS) is 15.5. The molecule has 1 aromatic heterocycles. The fraction of sp³-hybridized carbons (Fsp3) is 0.286. The van der Waals surface area contributed by atoms with Gasteiger partial charge in [-0.15, -0.1) is 12.4 Å². The number of sulfonamides is 1. The molecule has 9 heteroatoms. The van der Waals surface area contributed by atoms with E-state index in [1.54, 1.807) is 42.6 Å². The summed E-state index contributed by atoms with van der Waals surface area (Å²) in [6.07, 6.45) is 2.34. The number of rotatable bonds is 4. The van der Waals surface area contributed by atoms with Gasteiger partial charge in [-0.1, -0.05) is 18.2 Å². The average Bonchev–Trinajstić information content (AvgIpc) is 3.01. The van der Waals surface area contributed by atoms with E-state index in [-0.39, 0.29) is 35.2 Å². The van der Waals surface area contributed by atoms with E-state index >= 15 is 0 Å². The van der Waals surface area contributed by atoms with Crippen molar-refractivity contribution in [3.8, 4) is 0 Å². The van der Waals surface area contributed by atoms with Crippen LogP contribution in [0.2, 0.25) is 0 Å². The van der Waals surface area contributed by atoms with E-state index < -0.39 is 10.0 Å². The van der Waals surface area contributed by atoms with Crippen LogP contribution in [-0.4, -0.2) is 43.5 Å². The summed E-state index contributed by atoms with van der Waals surface area (Å²) in [6.45, 7) is 2.53. The molecule has 2 aromatic carbocycles. The Hall–Kier alpha value is -2.26. The molecule has 30 heavy (non-hydrogen) atoms. The molecule has 0 unspecified atom stereocenters. The summed E-state index contributed by atoms with van der Waals surface area (Å²) < 4.78 is 42.5. The molecule has 1 fully saturated rings. The SMILES string of the molecule is Cl.O=c1c2cccc(S(=O)(=O)N3CCCNCC3)c2ccn1Cc1ccc(F)cc1. The Kier molecular flexibility index (Phi) is 6.92. The topological polar surface area (TPSA) is 71.4 Å². The van der Waals surface area contributed by atoms with E-state index in [0.29, 0.717) is 30.4 Å². The van der Waals surface area contributed by atoms with E-state index in [1.165, 1.54) is 21.0 Å².